The lowest BCUT2D eigenvalue weighted by molar-refractivity contribution is -0.384. The standard InChI is InChI=1S/C35H35N5O5S2/c41-35(38-47(44,45)30-16-17-31(34(22-30)40(42)43)36-19-20-46-29-9-5-2-6-10-29)27-13-11-26(12-14-27)28-15-18-33-32(21-28)37-24-39(33)23-25-7-3-1-4-8-25/h2,5-6,9-18,21-22,24-25,36H,1,3-4,7-8,19-20,23H2,(H,38,41). The highest BCUT2D eigenvalue weighted by Gasteiger charge is 2.24. The molecule has 12 heteroatoms. The molecule has 0 unspecified atom stereocenters. The van der Waals surface area contributed by atoms with Crippen LogP contribution in [0.2, 0.25) is 0 Å². The third-order valence-electron chi connectivity index (χ3n) is 8.41. The van der Waals surface area contributed by atoms with E-state index in [-0.39, 0.29) is 16.1 Å². The average Bonchev–Trinajstić information content (AvgIpc) is 3.49. The predicted octanol–water partition coefficient (Wildman–Crippen LogP) is 7.51. The van der Waals surface area contributed by atoms with Gasteiger partial charge in [-0.15, -0.1) is 11.8 Å². The molecule has 0 aliphatic heterocycles. The number of thioether (sulfide) groups is 1. The van der Waals surface area contributed by atoms with Crippen LogP contribution in [0.5, 0.6) is 0 Å². The van der Waals surface area contributed by atoms with Gasteiger partial charge in [0.15, 0.2) is 0 Å². The molecule has 6 rings (SSSR count). The summed E-state index contributed by atoms with van der Waals surface area (Å²) in [5.41, 5.74) is 3.70. The lowest BCUT2D eigenvalue weighted by Crippen LogP contribution is -2.30. The van der Waals surface area contributed by atoms with Crippen LogP contribution in [0.25, 0.3) is 22.2 Å². The largest absolute Gasteiger partial charge is 0.379 e. The highest BCUT2D eigenvalue weighted by molar-refractivity contribution is 7.99. The van der Waals surface area contributed by atoms with Crippen molar-refractivity contribution < 1.29 is 18.1 Å². The number of nitrogens with zero attached hydrogens (tertiary/aromatic N) is 3. The summed E-state index contributed by atoms with van der Waals surface area (Å²) in [6, 6.07) is 26.0. The molecular formula is C35H35N5O5S2. The third kappa shape index (κ3) is 7.83. The van der Waals surface area contributed by atoms with Crippen molar-refractivity contribution in [2.24, 2.45) is 5.92 Å². The number of imidazole rings is 1. The molecule has 0 atom stereocenters. The van der Waals surface area contributed by atoms with Gasteiger partial charge in [0.2, 0.25) is 0 Å². The maximum absolute atomic E-state index is 13.1. The average molecular weight is 670 g/mol. The summed E-state index contributed by atoms with van der Waals surface area (Å²) in [6.45, 7) is 1.40. The number of fused-ring (bicyclic) bond motifs is 1. The van der Waals surface area contributed by atoms with E-state index in [9.17, 15) is 23.3 Å². The van der Waals surface area contributed by atoms with Crippen molar-refractivity contribution in [3.8, 4) is 11.1 Å². The number of aromatic nitrogens is 2. The first-order chi connectivity index (χ1) is 22.8. The van der Waals surface area contributed by atoms with Crippen LogP contribution in [-0.2, 0) is 16.6 Å². The van der Waals surface area contributed by atoms with Crippen molar-refractivity contribution >= 4 is 50.1 Å². The normalized spacial score (nSPS) is 13.8. The van der Waals surface area contributed by atoms with Crippen LogP contribution in [0.1, 0.15) is 42.5 Å². The molecule has 10 nitrogen and oxygen atoms in total. The molecule has 5 aromatic rings. The summed E-state index contributed by atoms with van der Waals surface area (Å²) in [5, 5.41) is 14.8. The zero-order valence-corrected chi connectivity index (χ0v) is 27.3. The predicted molar refractivity (Wildman–Crippen MR) is 185 cm³/mol. The van der Waals surface area contributed by atoms with Crippen molar-refractivity contribution in [3.05, 3.63) is 113 Å². The van der Waals surface area contributed by atoms with E-state index >= 15 is 0 Å². The Balaban J connectivity index is 1.09. The van der Waals surface area contributed by atoms with Gasteiger partial charge in [-0.05, 0) is 78.4 Å². The summed E-state index contributed by atoms with van der Waals surface area (Å²) in [7, 11) is -4.38. The summed E-state index contributed by atoms with van der Waals surface area (Å²) >= 11 is 1.59. The van der Waals surface area contributed by atoms with Crippen molar-refractivity contribution in [2.75, 3.05) is 17.6 Å². The van der Waals surface area contributed by atoms with E-state index in [4.69, 9.17) is 0 Å². The van der Waals surface area contributed by atoms with E-state index in [1.54, 1.807) is 36.0 Å². The molecule has 0 radical (unpaired) electrons. The Bertz CT molecular complexity index is 1990. The summed E-state index contributed by atoms with van der Waals surface area (Å²) < 4.78 is 30.4. The molecule has 47 heavy (non-hydrogen) atoms. The van der Waals surface area contributed by atoms with Gasteiger partial charge >= 0.3 is 0 Å². The smallest absolute Gasteiger partial charge is 0.293 e. The molecule has 1 fully saturated rings. The number of nitro groups is 1. The number of nitrogens with one attached hydrogen (secondary N) is 2. The Morgan fingerprint density at radius 1 is 0.936 bits per heavy atom. The number of carbonyl (C=O) groups excluding carboxylic acids is 1. The number of amides is 1. The first-order valence-electron chi connectivity index (χ1n) is 15.6. The minimum atomic E-state index is -4.38. The van der Waals surface area contributed by atoms with E-state index in [2.05, 4.69) is 20.9 Å². The quantitative estimate of drug-likeness (QED) is 0.0603. The fraction of sp³-hybridized carbons (Fsp3) is 0.257. The molecule has 1 amide bonds. The Morgan fingerprint density at radius 3 is 2.43 bits per heavy atom. The topological polar surface area (TPSA) is 136 Å². The number of rotatable bonds is 12. The second kappa shape index (κ2) is 14.4. The van der Waals surface area contributed by atoms with Gasteiger partial charge in [0, 0.05) is 35.4 Å². The van der Waals surface area contributed by atoms with Crippen LogP contribution >= 0.6 is 11.8 Å². The second-order valence-corrected chi connectivity index (χ2v) is 14.5. The number of hydrogen-bond acceptors (Lipinski definition) is 8. The summed E-state index contributed by atoms with van der Waals surface area (Å²) in [5.74, 6) is 0.501. The molecule has 0 saturated heterocycles. The van der Waals surface area contributed by atoms with Gasteiger partial charge in [0.05, 0.1) is 27.2 Å². The fourth-order valence-electron chi connectivity index (χ4n) is 5.94. The Labute approximate surface area is 277 Å². The molecular weight excluding hydrogens is 635 g/mol. The third-order valence-corrected chi connectivity index (χ3v) is 10.8. The van der Waals surface area contributed by atoms with E-state index in [1.807, 2.05) is 53.5 Å². The van der Waals surface area contributed by atoms with Gasteiger partial charge in [0.25, 0.3) is 21.6 Å². The fourth-order valence-corrected chi connectivity index (χ4v) is 7.72. The molecule has 1 aliphatic carbocycles. The van der Waals surface area contributed by atoms with Crippen molar-refractivity contribution in [1.82, 2.24) is 14.3 Å². The van der Waals surface area contributed by atoms with Crippen LogP contribution < -0.4 is 10.0 Å². The number of hydrogen-bond donors (Lipinski definition) is 2. The highest BCUT2D eigenvalue weighted by Crippen LogP contribution is 2.30. The molecule has 1 aromatic heterocycles. The van der Waals surface area contributed by atoms with Gasteiger partial charge in [0.1, 0.15) is 5.69 Å². The van der Waals surface area contributed by atoms with E-state index in [0.29, 0.717) is 18.2 Å². The first-order valence-corrected chi connectivity index (χ1v) is 18.1. The summed E-state index contributed by atoms with van der Waals surface area (Å²) in [6.07, 6.45) is 8.35. The Hall–Kier alpha value is -4.68. The number of carbonyl (C=O) groups is 1. The lowest BCUT2D eigenvalue weighted by atomic mass is 9.89. The van der Waals surface area contributed by atoms with Crippen LogP contribution in [-0.4, -0.2) is 41.1 Å². The number of sulfonamides is 1. The number of nitro benzene ring substituents is 1. The van der Waals surface area contributed by atoms with Crippen LogP contribution in [0, 0.1) is 16.0 Å². The highest BCUT2D eigenvalue weighted by atomic mass is 32.2. The van der Waals surface area contributed by atoms with Gasteiger partial charge in [-0.2, -0.15) is 0 Å². The lowest BCUT2D eigenvalue weighted by Gasteiger charge is -2.22. The minimum Gasteiger partial charge on any atom is -0.379 e. The van der Waals surface area contributed by atoms with Crippen molar-refractivity contribution in [2.45, 2.75) is 48.4 Å². The minimum absolute atomic E-state index is 0.138. The monoisotopic (exact) mass is 669 g/mol. The van der Waals surface area contributed by atoms with Gasteiger partial charge in [-0.1, -0.05) is 55.7 Å². The van der Waals surface area contributed by atoms with Gasteiger partial charge in [-0.3, -0.25) is 14.9 Å². The SMILES string of the molecule is O=C(NS(=O)(=O)c1ccc(NCCSc2ccccc2)c([N+](=O)[O-])c1)c1ccc(-c2ccc3c(c2)ncn3CC2CCCCC2)cc1. The number of anilines is 1. The van der Waals surface area contributed by atoms with Crippen LogP contribution in [0.4, 0.5) is 11.4 Å². The molecule has 1 aliphatic rings. The van der Waals surface area contributed by atoms with Crippen molar-refractivity contribution in [3.63, 3.8) is 0 Å². The van der Waals surface area contributed by atoms with Crippen LogP contribution in [0.3, 0.4) is 0 Å². The van der Waals surface area contributed by atoms with E-state index in [1.165, 1.54) is 44.2 Å². The first kappa shape index (κ1) is 32.3. The molecule has 2 N–H and O–H groups in total. The molecule has 242 valence electrons. The maximum Gasteiger partial charge on any atom is 0.293 e. The molecule has 4 aromatic carbocycles. The van der Waals surface area contributed by atoms with Crippen LogP contribution in [0.15, 0.2) is 107 Å². The molecule has 1 saturated carbocycles. The molecule has 0 bridgehead atoms. The molecule has 0 spiro atoms. The molecule has 1 heterocycles. The van der Waals surface area contributed by atoms with Gasteiger partial charge < -0.3 is 9.88 Å². The summed E-state index contributed by atoms with van der Waals surface area (Å²) in [4.78, 5) is 29.4. The Morgan fingerprint density at radius 2 is 1.68 bits per heavy atom. The maximum atomic E-state index is 13.1. The van der Waals surface area contributed by atoms with E-state index < -0.39 is 26.5 Å². The zero-order valence-electron chi connectivity index (χ0n) is 25.7. The van der Waals surface area contributed by atoms with Crippen molar-refractivity contribution in [1.29, 1.82) is 0 Å². The van der Waals surface area contributed by atoms with Gasteiger partial charge in [-0.25, -0.2) is 18.1 Å². The second-order valence-electron chi connectivity index (χ2n) is 11.6. The zero-order chi connectivity index (χ0) is 32.8. The Kier molecular flexibility index (Phi) is 9.88. The number of benzene rings is 4. The van der Waals surface area contributed by atoms with E-state index in [0.717, 1.165) is 39.7 Å².